The highest BCUT2D eigenvalue weighted by Crippen LogP contribution is 2.30. The van der Waals surface area contributed by atoms with Crippen molar-refractivity contribution in [3.8, 4) is 0 Å². The van der Waals surface area contributed by atoms with Gasteiger partial charge < -0.3 is 14.8 Å². The number of urea groups is 1. The summed E-state index contributed by atoms with van der Waals surface area (Å²) in [7, 11) is 2.11. The molecule has 0 unspecified atom stereocenters. The summed E-state index contributed by atoms with van der Waals surface area (Å²) in [6.07, 6.45) is 4.74. The van der Waals surface area contributed by atoms with Crippen molar-refractivity contribution >= 4 is 39.1 Å². The number of thiophene rings is 1. The van der Waals surface area contributed by atoms with E-state index in [1.54, 1.807) is 11.3 Å². The number of amides is 2. The maximum absolute atomic E-state index is 12.6. The molecule has 2 amide bonds. The number of nitrogens with zero attached hydrogens (tertiary/aromatic N) is 3. The number of rotatable bonds is 3. The van der Waals surface area contributed by atoms with Crippen molar-refractivity contribution in [3.63, 3.8) is 0 Å². The van der Waals surface area contributed by atoms with Crippen LogP contribution in [0.3, 0.4) is 0 Å². The fourth-order valence-electron chi connectivity index (χ4n) is 3.70. The number of likely N-dealkylation sites (tertiary alicyclic amines) is 1. The van der Waals surface area contributed by atoms with E-state index in [4.69, 9.17) is 0 Å². The topological polar surface area (TPSA) is 64.3 Å². The lowest BCUT2D eigenvalue weighted by Crippen LogP contribution is -2.53. The predicted molar refractivity (Wildman–Crippen MR) is 107 cm³/mol. The average molecular weight is 369 g/mol. The number of nitrogens with one attached hydrogen (secondary N) is 2. The molecule has 3 aromatic heterocycles. The summed E-state index contributed by atoms with van der Waals surface area (Å²) in [6, 6.07) is 8.23. The smallest absolute Gasteiger partial charge is 0.322 e. The number of aromatic nitrogens is 2. The molecule has 1 aliphatic rings. The highest BCUT2D eigenvalue weighted by Gasteiger charge is 2.32. The second-order valence-electron chi connectivity index (χ2n) is 6.87. The van der Waals surface area contributed by atoms with Gasteiger partial charge >= 0.3 is 6.03 Å². The summed E-state index contributed by atoms with van der Waals surface area (Å²) in [4.78, 5) is 24.4. The normalized spacial score (nSPS) is 20.3. The Kier molecular flexibility index (Phi) is 4.55. The van der Waals surface area contributed by atoms with Crippen molar-refractivity contribution in [1.82, 2.24) is 14.9 Å². The fraction of sp³-hybridized carbons (Fsp3) is 0.368. The van der Waals surface area contributed by atoms with Gasteiger partial charge in [0.05, 0.1) is 5.00 Å². The largest absolute Gasteiger partial charge is 0.369 e. The first kappa shape index (κ1) is 16.9. The Morgan fingerprint density at radius 2 is 2.31 bits per heavy atom. The third kappa shape index (κ3) is 3.14. The lowest BCUT2D eigenvalue weighted by molar-refractivity contribution is 0.172. The number of anilines is 2. The lowest BCUT2D eigenvalue weighted by atomic mass is 9.92. The van der Waals surface area contributed by atoms with Gasteiger partial charge in [0.1, 0.15) is 5.65 Å². The van der Waals surface area contributed by atoms with E-state index in [1.807, 2.05) is 40.9 Å². The van der Waals surface area contributed by atoms with Crippen LogP contribution < -0.4 is 10.2 Å². The van der Waals surface area contributed by atoms with E-state index in [0.717, 1.165) is 34.7 Å². The van der Waals surface area contributed by atoms with Gasteiger partial charge in [-0.15, -0.1) is 11.3 Å². The van der Waals surface area contributed by atoms with E-state index >= 15 is 0 Å². The van der Waals surface area contributed by atoms with Crippen LogP contribution in [0.5, 0.6) is 0 Å². The van der Waals surface area contributed by atoms with Crippen molar-refractivity contribution in [2.75, 3.05) is 30.4 Å². The number of hydrogen-bond acceptors (Lipinski definition) is 4. The minimum atomic E-state index is -0.0146. The first-order valence-corrected chi connectivity index (χ1v) is 9.76. The molecular formula is C19H23N5OS. The lowest BCUT2D eigenvalue weighted by Gasteiger charge is -2.42. The number of hydrogen-bond donors (Lipinski definition) is 2. The van der Waals surface area contributed by atoms with Gasteiger partial charge in [0.2, 0.25) is 0 Å². The predicted octanol–water partition coefficient (Wildman–Crippen LogP) is 4.00. The summed E-state index contributed by atoms with van der Waals surface area (Å²) in [5.74, 6) is 0.507. The maximum Gasteiger partial charge on any atom is 0.322 e. The van der Waals surface area contributed by atoms with E-state index in [2.05, 4.69) is 40.2 Å². The molecule has 6 nitrogen and oxygen atoms in total. The van der Waals surface area contributed by atoms with Crippen LogP contribution in [0, 0.1) is 5.92 Å². The number of H-pyrrole nitrogens is 1. The SMILES string of the molecule is C[C@@H]1CCN(C(=O)Nc2cccs2)C[C@@H]1N(C)c1ccnc2[nH]ccc12. The van der Waals surface area contributed by atoms with Gasteiger partial charge in [-0.2, -0.15) is 0 Å². The zero-order valence-corrected chi connectivity index (χ0v) is 15.8. The number of aromatic amines is 1. The van der Waals surface area contributed by atoms with E-state index in [0.29, 0.717) is 12.5 Å². The third-order valence-corrected chi connectivity index (χ3v) is 6.06. The van der Waals surface area contributed by atoms with Gasteiger partial charge in [0.15, 0.2) is 0 Å². The number of fused-ring (bicyclic) bond motifs is 1. The fourth-order valence-corrected chi connectivity index (χ4v) is 4.31. The van der Waals surface area contributed by atoms with Gasteiger partial charge in [-0.25, -0.2) is 9.78 Å². The molecule has 7 heteroatoms. The summed E-state index contributed by atoms with van der Waals surface area (Å²) in [5.41, 5.74) is 2.04. The van der Waals surface area contributed by atoms with Crippen LogP contribution in [0.4, 0.5) is 15.5 Å². The minimum Gasteiger partial charge on any atom is -0.369 e. The first-order chi connectivity index (χ1) is 12.6. The van der Waals surface area contributed by atoms with Crippen molar-refractivity contribution in [3.05, 3.63) is 42.0 Å². The van der Waals surface area contributed by atoms with Crippen molar-refractivity contribution in [2.24, 2.45) is 5.92 Å². The molecule has 0 spiro atoms. The highest BCUT2D eigenvalue weighted by molar-refractivity contribution is 7.14. The van der Waals surface area contributed by atoms with Crippen molar-refractivity contribution < 1.29 is 4.79 Å². The van der Waals surface area contributed by atoms with Gasteiger partial charge in [-0.3, -0.25) is 5.32 Å². The van der Waals surface area contributed by atoms with Crippen molar-refractivity contribution in [2.45, 2.75) is 19.4 Å². The summed E-state index contributed by atoms with van der Waals surface area (Å²) in [6.45, 7) is 3.77. The Hall–Kier alpha value is -2.54. The second-order valence-corrected chi connectivity index (χ2v) is 7.82. The summed E-state index contributed by atoms with van der Waals surface area (Å²) in [5, 5.41) is 6.98. The molecule has 1 fully saturated rings. The molecule has 0 radical (unpaired) electrons. The summed E-state index contributed by atoms with van der Waals surface area (Å²) < 4.78 is 0. The van der Waals surface area contributed by atoms with E-state index in [-0.39, 0.29) is 12.1 Å². The van der Waals surface area contributed by atoms with Crippen LogP contribution >= 0.6 is 11.3 Å². The molecule has 4 heterocycles. The maximum atomic E-state index is 12.6. The molecule has 2 atom stereocenters. The Morgan fingerprint density at radius 3 is 3.12 bits per heavy atom. The van der Waals surface area contributed by atoms with Gasteiger partial charge in [-0.1, -0.05) is 6.92 Å². The molecule has 0 aromatic carbocycles. The molecule has 0 bridgehead atoms. The monoisotopic (exact) mass is 369 g/mol. The highest BCUT2D eigenvalue weighted by atomic mass is 32.1. The molecule has 1 aliphatic heterocycles. The standard InChI is InChI=1S/C19H23N5OS/c1-13-7-10-24(19(25)22-17-4-3-11-26-17)12-16(13)23(2)15-6-9-21-18-14(15)5-8-20-18/h3-6,8-9,11,13,16H,7,10,12H2,1-2H3,(H,20,21)(H,22,25)/t13-,16+/m1/s1. The number of pyridine rings is 1. The molecule has 0 aliphatic carbocycles. The van der Waals surface area contributed by atoms with Gasteiger partial charge in [-0.05, 0) is 42.0 Å². The molecule has 2 N–H and O–H groups in total. The van der Waals surface area contributed by atoms with Gasteiger partial charge in [0, 0.05) is 49.6 Å². The minimum absolute atomic E-state index is 0.0146. The Morgan fingerprint density at radius 1 is 1.42 bits per heavy atom. The second kappa shape index (κ2) is 6.99. The Bertz CT molecular complexity index is 890. The molecule has 0 saturated carbocycles. The third-order valence-electron chi connectivity index (χ3n) is 5.27. The molecule has 136 valence electrons. The Balaban J connectivity index is 1.53. The number of carbonyl (C=O) groups excluding carboxylic acids is 1. The number of likely N-dealkylation sites (N-methyl/N-ethyl adjacent to an activating group) is 1. The van der Waals surface area contributed by atoms with E-state index < -0.39 is 0 Å². The molecular weight excluding hydrogens is 346 g/mol. The number of carbonyl (C=O) groups is 1. The van der Waals surface area contributed by atoms with Crippen LogP contribution in [0.2, 0.25) is 0 Å². The first-order valence-electron chi connectivity index (χ1n) is 8.88. The molecule has 26 heavy (non-hydrogen) atoms. The number of piperidine rings is 1. The molecule has 4 rings (SSSR count). The average Bonchev–Trinajstić information content (AvgIpc) is 3.32. The van der Waals surface area contributed by atoms with Gasteiger partial charge in [0.25, 0.3) is 0 Å². The van der Waals surface area contributed by atoms with Crippen LogP contribution in [0.25, 0.3) is 11.0 Å². The zero-order chi connectivity index (χ0) is 18.1. The van der Waals surface area contributed by atoms with Crippen molar-refractivity contribution in [1.29, 1.82) is 0 Å². The summed E-state index contributed by atoms with van der Waals surface area (Å²) >= 11 is 1.54. The molecule has 1 saturated heterocycles. The Labute approximate surface area is 156 Å². The van der Waals surface area contributed by atoms with Crippen LogP contribution in [-0.4, -0.2) is 47.1 Å². The van der Waals surface area contributed by atoms with Crippen LogP contribution in [0.15, 0.2) is 42.0 Å². The zero-order valence-electron chi connectivity index (χ0n) is 15.0. The van der Waals surface area contributed by atoms with Crippen LogP contribution in [-0.2, 0) is 0 Å². The van der Waals surface area contributed by atoms with E-state index in [1.165, 1.54) is 0 Å². The molecule has 3 aromatic rings. The van der Waals surface area contributed by atoms with Crippen LogP contribution in [0.1, 0.15) is 13.3 Å². The van der Waals surface area contributed by atoms with E-state index in [9.17, 15) is 4.79 Å². The quantitative estimate of drug-likeness (QED) is 0.733.